The molecule has 1 amide bonds. The number of fused-ring (bicyclic) bond motifs is 2. The number of nitrogens with one attached hydrogen (secondary N) is 1. The van der Waals surface area contributed by atoms with Crippen LogP contribution in [0.1, 0.15) is 51.0 Å². The first-order chi connectivity index (χ1) is 12.9. The Bertz CT molecular complexity index is 1080. The van der Waals surface area contributed by atoms with Crippen LogP contribution in [0.15, 0.2) is 29.2 Å². The van der Waals surface area contributed by atoms with Gasteiger partial charge in [-0.15, -0.1) is 0 Å². The lowest BCUT2D eigenvalue weighted by molar-refractivity contribution is 0.0979. The van der Waals surface area contributed by atoms with Gasteiger partial charge in [-0.1, -0.05) is 6.07 Å². The Morgan fingerprint density at radius 2 is 1.67 bits per heavy atom. The third-order valence-electron chi connectivity index (χ3n) is 5.28. The Hall–Kier alpha value is -2.72. The summed E-state index contributed by atoms with van der Waals surface area (Å²) in [6.45, 7) is 0. The number of nitriles is 1. The number of rotatable bonds is 3. The molecule has 0 bridgehead atoms. The second-order valence-corrected chi connectivity index (χ2v) is 8.58. The minimum atomic E-state index is -4.38. The maximum Gasteiger partial charge on any atom is 0.267 e. The molecule has 138 valence electrons. The smallest absolute Gasteiger partial charge is 0.267 e. The van der Waals surface area contributed by atoms with Crippen molar-refractivity contribution in [2.24, 2.45) is 0 Å². The predicted molar refractivity (Wildman–Crippen MR) is 96.3 cm³/mol. The quantitative estimate of drug-likeness (QED) is 0.882. The highest BCUT2D eigenvalue weighted by Gasteiger charge is 2.30. The molecule has 0 heterocycles. The van der Waals surface area contributed by atoms with Crippen LogP contribution in [-0.2, 0) is 35.7 Å². The van der Waals surface area contributed by atoms with E-state index in [2.05, 4.69) is 6.07 Å². The zero-order valence-corrected chi connectivity index (χ0v) is 15.3. The van der Waals surface area contributed by atoms with Crippen molar-refractivity contribution >= 4 is 15.9 Å². The average Bonchev–Trinajstić information content (AvgIpc) is 3.27. The summed E-state index contributed by atoms with van der Waals surface area (Å²) >= 11 is 0. The van der Waals surface area contributed by atoms with E-state index in [1.165, 1.54) is 6.07 Å². The first-order valence-electron chi connectivity index (χ1n) is 8.84. The van der Waals surface area contributed by atoms with Gasteiger partial charge in [-0.05, 0) is 79.0 Å². The number of carbonyl (C=O) groups excluding carboxylic acids is 1. The summed E-state index contributed by atoms with van der Waals surface area (Å²) in [5.74, 6) is -1.76. The molecular formula is C20H17FN2O3S. The molecule has 2 aromatic rings. The third kappa shape index (κ3) is 3.00. The van der Waals surface area contributed by atoms with Crippen LogP contribution < -0.4 is 4.72 Å². The molecule has 0 radical (unpaired) electrons. The van der Waals surface area contributed by atoms with Crippen LogP contribution in [-0.4, -0.2) is 14.3 Å². The second kappa shape index (κ2) is 6.46. The lowest BCUT2D eigenvalue weighted by atomic mass is 9.94. The van der Waals surface area contributed by atoms with Gasteiger partial charge in [0.05, 0.1) is 11.6 Å². The fourth-order valence-electron chi connectivity index (χ4n) is 4.11. The molecule has 1 N–H and O–H groups in total. The Labute approximate surface area is 156 Å². The van der Waals surface area contributed by atoms with E-state index < -0.39 is 26.6 Å². The number of halogens is 1. The van der Waals surface area contributed by atoms with E-state index in [9.17, 15) is 17.6 Å². The molecule has 0 aromatic heterocycles. The van der Waals surface area contributed by atoms with Gasteiger partial charge >= 0.3 is 0 Å². The molecular weight excluding hydrogens is 367 g/mol. The summed E-state index contributed by atoms with van der Waals surface area (Å²) < 4.78 is 41.3. The molecule has 7 heteroatoms. The first kappa shape index (κ1) is 17.7. The molecule has 0 fully saturated rings. The van der Waals surface area contributed by atoms with Gasteiger partial charge in [0, 0.05) is 5.56 Å². The van der Waals surface area contributed by atoms with Gasteiger partial charge in [0.15, 0.2) is 0 Å². The van der Waals surface area contributed by atoms with Crippen molar-refractivity contribution in [1.82, 2.24) is 4.72 Å². The van der Waals surface area contributed by atoms with Gasteiger partial charge in [-0.25, -0.2) is 17.5 Å². The Morgan fingerprint density at radius 3 is 2.22 bits per heavy atom. The van der Waals surface area contributed by atoms with Crippen molar-refractivity contribution in [1.29, 1.82) is 5.26 Å². The van der Waals surface area contributed by atoms with Crippen molar-refractivity contribution in [2.75, 3.05) is 0 Å². The molecule has 2 aliphatic carbocycles. The van der Waals surface area contributed by atoms with Crippen LogP contribution >= 0.6 is 0 Å². The highest BCUT2D eigenvalue weighted by atomic mass is 32.2. The number of sulfonamides is 1. The Morgan fingerprint density at radius 1 is 1.04 bits per heavy atom. The largest absolute Gasteiger partial charge is 0.268 e. The van der Waals surface area contributed by atoms with Crippen LogP contribution in [0.25, 0.3) is 0 Å². The van der Waals surface area contributed by atoms with Crippen LogP contribution in [0, 0.1) is 17.1 Å². The van der Waals surface area contributed by atoms with Crippen LogP contribution in [0.3, 0.4) is 0 Å². The van der Waals surface area contributed by atoms with Gasteiger partial charge in [0.25, 0.3) is 15.9 Å². The number of aryl methyl sites for hydroxylation is 2. The van der Waals surface area contributed by atoms with Crippen molar-refractivity contribution in [3.05, 3.63) is 63.5 Å². The van der Waals surface area contributed by atoms with Crippen molar-refractivity contribution in [3.63, 3.8) is 0 Å². The van der Waals surface area contributed by atoms with E-state index in [0.29, 0.717) is 5.56 Å². The molecule has 0 saturated carbocycles. The molecule has 0 saturated heterocycles. The van der Waals surface area contributed by atoms with Gasteiger partial charge in [0.1, 0.15) is 10.7 Å². The standard InChI is InChI=1S/C20H17FN2O3S/c21-17-9-12(11-22)7-8-18(17)27(25,26)23-20(24)19-15-5-1-3-13(15)10-14-4-2-6-16(14)19/h7-10H,1-6H2,(H,23,24). The van der Waals surface area contributed by atoms with E-state index in [1.807, 2.05) is 4.72 Å². The van der Waals surface area contributed by atoms with E-state index in [1.54, 1.807) is 6.07 Å². The SMILES string of the molecule is N#Cc1ccc(S(=O)(=O)NC(=O)c2c3c(cc4c2CCC4)CCC3)c(F)c1. The number of carbonyl (C=O) groups is 1. The number of hydrogen-bond acceptors (Lipinski definition) is 4. The maximum atomic E-state index is 14.1. The highest BCUT2D eigenvalue weighted by molar-refractivity contribution is 7.90. The van der Waals surface area contributed by atoms with E-state index in [-0.39, 0.29) is 5.56 Å². The Balaban J connectivity index is 1.72. The van der Waals surface area contributed by atoms with E-state index in [4.69, 9.17) is 5.26 Å². The molecule has 0 spiro atoms. The zero-order chi connectivity index (χ0) is 19.2. The molecule has 2 aliphatic rings. The summed E-state index contributed by atoms with van der Waals surface area (Å²) in [6, 6.07) is 6.95. The second-order valence-electron chi connectivity index (χ2n) is 6.93. The Kier molecular flexibility index (Phi) is 4.23. The summed E-state index contributed by atoms with van der Waals surface area (Å²) in [5, 5.41) is 8.79. The molecule has 0 unspecified atom stereocenters. The van der Waals surface area contributed by atoms with Gasteiger partial charge in [-0.3, -0.25) is 4.79 Å². The summed E-state index contributed by atoms with van der Waals surface area (Å²) in [4.78, 5) is 12.3. The normalized spacial score (nSPS) is 15.1. The number of hydrogen-bond donors (Lipinski definition) is 1. The molecule has 5 nitrogen and oxygen atoms in total. The molecule has 2 aromatic carbocycles. The van der Waals surface area contributed by atoms with Crippen LogP contribution in [0.2, 0.25) is 0 Å². The lowest BCUT2D eigenvalue weighted by Gasteiger charge is -2.15. The van der Waals surface area contributed by atoms with E-state index in [0.717, 1.165) is 72.9 Å². The summed E-state index contributed by atoms with van der Waals surface area (Å²) in [5.41, 5.74) is 4.53. The zero-order valence-electron chi connectivity index (χ0n) is 14.5. The minimum Gasteiger partial charge on any atom is -0.268 e. The molecule has 4 rings (SSSR count). The number of amides is 1. The fourth-order valence-corrected chi connectivity index (χ4v) is 5.13. The van der Waals surface area contributed by atoms with Crippen LogP contribution in [0.5, 0.6) is 0 Å². The topological polar surface area (TPSA) is 87.0 Å². The van der Waals surface area contributed by atoms with Gasteiger partial charge in [0.2, 0.25) is 0 Å². The first-order valence-corrected chi connectivity index (χ1v) is 10.3. The molecule has 27 heavy (non-hydrogen) atoms. The van der Waals surface area contributed by atoms with Gasteiger partial charge in [-0.2, -0.15) is 5.26 Å². The van der Waals surface area contributed by atoms with E-state index >= 15 is 0 Å². The fraction of sp³-hybridized carbons (Fsp3) is 0.300. The lowest BCUT2D eigenvalue weighted by Crippen LogP contribution is -2.32. The van der Waals surface area contributed by atoms with Crippen molar-refractivity contribution in [3.8, 4) is 6.07 Å². The minimum absolute atomic E-state index is 0.0106. The van der Waals surface area contributed by atoms with Crippen LogP contribution in [0.4, 0.5) is 4.39 Å². The average molecular weight is 384 g/mol. The monoisotopic (exact) mass is 384 g/mol. The predicted octanol–water partition coefficient (Wildman–Crippen LogP) is 2.79. The maximum absolute atomic E-state index is 14.1. The van der Waals surface area contributed by atoms with Gasteiger partial charge < -0.3 is 0 Å². The summed E-state index contributed by atoms with van der Waals surface area (Å²) in [7, 11) is -4.38. The van der Waals surface area contributed by atoms with Crippen molar-refractivity contribution in [2.45, 2.75) is 43.4 Å². The summed E-state index contributed by atoms with van der Waals surface area (Å²) in [6.07, 6.45) is 5.15. The highest BCUT2D eigenvalue weighted by Crippen LogP contribution is 2.35. The molecule has 0 atom stereocenters. The third-order valence-corrected chi connectivity index (χ3v) is 6.64. The number of benzene rings is 2. The number of nitrogens with zero attached hydrogens (tertiary/aromatic N) is 1. The van der Waals surface area contributed by atoms with Crippen molar-refractivity contribution < 1.29 is 17.6 Å². The molecule has 0 aliphatic heterocycles.